The van der Waals surface area contributed by atoms with Crippen LogP contribution in [0.5, 0.6) is 0 Å². The number of likely N-dealkylation sites (N-methyl/N-ethyl adjacent to an activating group) is 1. The summed E-state index contributed by atoms with van der Waals surface area (Å²) >= 11 is 0. The molecule has 0 saturated carbocycles. The van der Waals surface area contributed by atoms with Gasteiger partial charge in [-0.25, -0.2) is 0 Å². The summed E-state index contributed by atoms with van der Waals surface area (Å²) in [5.41, 5.74) is 0.418. The van der Waals surface area contributed by atoms with Crippen molar-refractivity contribution in [3.8, 4) is 0 Å². The van der Waals surface area contributed by atoms with Crippen molar-refractivity contribution in [1.29, 1.82) is 0 Å². The van der Waals surface area contributed by atoms with Gasteiger partial charge in [0, 0.05) is 19.8 Å². The summed E-state index contributed by atoms with van der Waals surface area (Å²) in [7, 11) is 1.69. The number of hydrogen-bond acceptors (Lipinski definition) is 3. The topological polar surface area (TPSA) is 78.1 Å². The molecule has 2 amide bonds. The Balaban J connectivity index is 2.38. The number of amides is 2. The average Bonchev–Trinajstić information content (AvgIpc) is 2.77. The highest BCUT2D eigenvalue weighted by Crippen LogP contribution is 1.92. The lowest BCUT2D eigenvalue weighted by Crippen LogP contribution is -2.37. The predicted molar refractivity (Wildman–Crippen MR) is 54.2 cm³/mol. The zero-order valence-electron chi connectivity index (χ0n) is 8.78. The molecule has 15 heavy (non-hydrogen) atoms. The fourth-order valence-electron chi connectivity index (χ4n) is 0.944. The molecule has 0 saturated heterocycles. The third kappa shape index (κ3) is 3.08. The first-order valence-corrected chi connectivity index (χ1v) is 4.66. The summed E-state index contributed by atoms with van der Waals surface area (Å²) in [6.45, 7) is 2.50. The molecule has 1 heterocycles. The van der Waals surface area contributed by atoms with Crippen LogP contribution in [0.2, 0.25) is 0 Å². The maximum atomic E-state index is 11.4. The number of carbonyl (C=O) groups excluding carboxylic acids is 2. The van der Waals surface area contributed by atoms with E-state index < -0.39 is 0 Å². The van der Waals surface area contributed by atoms with Crippen LogP contribution in [0.1, 0.15) is 17.3 Å². The van der Waals surface area contributed by atoms with Crippen molar-refractivity contribution in [2.45, 2.75) is 6.92 Å². The van der Waals surface area contributed by atoms with E-state index in [1.54, 1.807) is 7.05 Å². The lowest BCUT2D eigenvalue weighted by Gasteiger charge is -2.14. The monoisotopic (exact) mass is 210 g/mol. The molecule has 1 rings (SSSR count). The van der Waals surface area contributed by atoms with E-state index in [4.69, 9.17) is 0 Å². The molecule has 0 aliphatic rings. The molecule has 1 aromatic heterocycles. The van der Waals surface area contributed by atoms with E-state index >= 15 is 0 Å². The molecular weight excluding hydrogens is 196 g/mol. The van der Waals surface area contributed by atoms with Crippen LogP contribution in [0.4, 0.5) is 0 Å². The SMILES string of the molecule is CCN(C)C(=O)CNC(=O)c1cn[nH]c1. The highest BCUT2D eigenvalue weighted by Gasteiger charge is 2.10. The second kappa shape index (κ2) is 5.14. The third-order valence-corrected chi connectivity index (χ3v) is 2.06. The Morgan fingerprint density at radius 1 is 1.60 bits per heavy atom. The van der Waals surface area contributed by atoms with Gasteiger partial charge in [0.1, 0.15) is 0 Å². The molecule has 0 aromatic carbocycles. The number of aromatic nitrogens is 2. The Bertz CT molecular complexity index is 334. The summed E-state index contributed by atoms with van der Waals surface area (Å²) in [5.74, 6) is -0.420. The number of hydrogen-bond donors (Lipinski definition) is 2. The lowest BCUT2D eigenvalue weighted by molar-refractivity contribution is -0.128. The molecule has 0 aliphatic heterocycles. The van der Waals surface area contributed by atoms with Crippen molar-refractivity contribution in [2.75, 3.05) is 20.1 Å². The molecule has 2 N–H and O–H groups in total. The maximum Gasteiger partial charge on any atom is 0.254 e. The Morgan fingerprint density at radius 3 is 2.87 bits per heavy atom. The minimum atomic E-state index is -0.304. The first kappa shape index (κ1) is 11.2. The highest BCUT2D eigenvalue weighted by atomic mass is 16.2. The number of H-pyrrole nitrogens is 1. The fourth-order valence-corrected chi connectivity index (χ4v) is 0.944. The Morgan fingerprint density at radius 2 is 2.33 bits per heavy atom. The van der Waals surface area contributed by atoms with Crippen LogP contribution in [0.3, 0.4) is 0 Å². The van der Waals surface area contributed by atoms with Gasteiger partial charge in [0.25, 0.3) is 5.91 Å². The van der Waals surface area contributed by atoms with Gasteiger partial charge in [-0.3, -0.25) is 14.7 Å². The quantitative estimate of drug-likeness (QED) is 0.711. The van der Waals surface area contributed by atoms with Gasteiger partial charge in [-0.2, -0.15) is 5.10 Å². The number of nitrogens with zero attached hydrogens (tertiary/aromatic N) is 2. The molecule has 1 aromatic rings. The molecule has 0 radical (unpaired) electrons. The molecule has 0 bridgehead atoms. The largest absolute Gasteiger partial charge is 0.345 e. The van der Waals surface area contributed by atoms with E-state index in [2.05, 4.69) is 15.5 Å². The maximum absolute atomic E-state index is 11.4. The van der Waals surface area contributed by atoms with E-state index in [-0.39, 0.29) is 18.4 Å². The second-order valence-electron chi connectivity index (χ2n) is 3.08. The van der Waals surface area contributed by atoms with Crippen LogP contribution in [0.15, 0.2) is 12.4 Å². The van der Waals surface area contributed by atoms with E-state index in [0.29, 0.717) is 12.1 Å². The standard InChI is InChI=1S/C9H14N4O2/c1-3-13(2)8(14)6-10-9(15)7-4-11-12-5-7/h4-5H,3,6H2,1-2H3,(H,10,15)(H,11,12). The van der Waals surface area contributed by atoms with Crippen LogP contribution >= 0.6 is 0 Å². The smallest absolute Gasteiger partial charge is 0.254 e. The van der Waals surface area contributed by atoms with Gasteiger partial charge < -0.3 is 10.2 Å². The minimum Gasteiger partial charge on any atom is -0.345 e. The zero-order chi connectivity index (χ0) is 11.3. The van der Waals surface area contributed by atoms with Gasteiger partial charge in [0.2, 0.25) is 5.91 Å². The van der Waals surface area contributed by atoms with Crippen molar-refractivity contribution < 1.29 is 9.59 Å². The van der Waals surface area contributed by atoms with E-state index in [1.807, 2.05) is 6.92 Å². The highest BCUT2D eigenvalue weighted by molar-refractivity contribution is 5.95. The van der Waals surface area contributed by atoms with Crippen LogP contribution in [0.25, 0.3) is 0 Å². The molecule has 0 aliphatic carbocycles. The van der Waals surface area contributed by atoms with E-state index in [1.165, 1.54) is 17.3 Å². The van der Waals surface area contributed by atoms with E-state index in [9.17, 15) is 9.59 Å². The van der Waals surface area contributed by atoms with Crippen LogP contribution in [-0.4, -0.2) is 47.0 Å². The van der Waals surface area contributed by atoms with Crippen molar-refractivity contribution in [3.63, 3.8) is 0 Å². The summed E-state index contributed by atoms with van der Waals surface area (Å²) in [6, 6.07) is 0. The van der Waals surface area contributed by atoms with Crippen LogP contribution in [0, 0.1) is 0 Å². The average molecular weight is 210 g/mol. The molecule has 0 spiro atoms. The Hall–Kier alpha value is -1.85. The lowest BCUT2D eigenvalue weighted by atomic mass is 10.3. The first-order valence-electron chi connectivity index (χ1n) is 4.66. The van der Waals surface area contributed by atoms with Crippen molar-refractivity contribution >= 4 is 11.8 Å². The molecular formula is C9H14N4O2. The normalized spacial score (nSPS) is 9.73. The van der Waals surface area contributed by atoms with Crippen molar-refractivity contribution in [1.82, 2.24) is 20.4 Å². The molecule has 6 nitrogen and oxygen atoms in total. The minimum absolute atomic E-state index is 0.00829. The molecule has 0 unspecified atom stereocenters. The van der Waals surface area contributed by atoms with Crippen LogP contribution in [-0.2, 0) is 4.79 Å². The van der Waals surface area contributed by atoms with Gasteiger partial charge in [-0.15, -0.1) is 0 Å². The predicted octanol–water partition coefficient (Wildman–Crippen LogP) is -0.382. The molecule has 0 fully saturated rings. The number of nitrogens with one attached hydrogen (secondary N) is 2. The van der Waals surface area contributed by atoms with Gasteiger partial charge in [-0.05, 0) is 6.92 Å². The summed E-state index contributed by atoms with van der Waals surface area (Å²) < 4.78 is 0. The van der Waals surface area contributed by atoms with Gasteiger partial charge in [0.15, 0.2) is 0 Å². The number of aromatic amines is 1. The fraction of sp³-hybridized carbons (Fsp3) is 0.444. The second-order valence-corrected chi connectivity index (χ2v) is 3.08. The molecule has 6 heteroatoms. The van der Waals surface area contributed by atoms with Crippen LogP contribution < -0.4 is 5.32 Å². The Kier molecular flexibility index (Phi) is 3.84. The van der Waals surface area contributed by atoms with Gasteiger partial charge in [0.05, 0.1) is 18.3 Å². The Labute approximate surface area is 87.7 Å². The number of rotatable bonds is 4. The zero-order valence-corrected chi connectivity index (χ0v) is 8.78. The first-order chi connectivity index (χ1) is 7.15. The summed E-state index contributed by atoms with van der Waals surface area (Å²) in [5, 5.41) is 8.68. The van der Waals surface area contributed by atoms with Crippen molar-refractivity contribution in [2.24, 2.45) is 0 Å². The van der Waals surface area contributed by atoms with Gasteiger partial charge in [-0.1, -0.05) is 0 Å². The summed E-state index contributed by atoms with van der Waals surface area (Å²) in [6.07, 6.45) is 2.88. The molecule has 0 atom stereocenters. The van der Waals surface area contributed by atoms with Crippen molar-refractivity contribution in [3.05, 3.63) is 18.0 Å². The van der Waals surface area contributed by atoms with Gasteiger partial charge >= 0.3 is 0 Å². The van der Waals surface area contributed by atoms with E-state index in [0.717, 1.165) is 0 Å². The third-order valence-electron chi connectivity index (χ3n) is 2.06. The summed E-state index contributed by atoms with van der Waals surface area (Å²) in [4.78, 5) is 24.3. The molecule has 82 valence electrons. The number of carbonyl (C=O) groups is 2.